The molecule has 0 amide bonds. The maximum atomic E-state index is 12.6. The average molecular weight is 2220 g/mol. The quantitative estimate of drug-likeness (QED) is 0.00616. The molecule has 4 aliphatic heterocycles. The molecular formula is C61H85N16O40P10S7-9. The summed E-state index contributed by atoms with van der Waals surface area (Å²) in [5.74, 6) is 16.2. The van der Waals surface area contributed by atoms with Crippen LogP contribution in [0, 0.1) is 35.5 Å². The molecule has 7 aromatic rings. The Kier molecular flexibility index (Phi) is 45.9. The highest BCUT2D eigenvalue weighted by Crippen LogP contribution is 2.64. The Labute approximate surface area is 791 Å². The van der Waals surface area contributed by atoms with Gasteiger partial charge in [0, 0.05) is 55.4 Å². The van der Waals surface area contributed by atoms with Gasteiger partial charge in [-0.05, 0) is 54.7 Å². The Balaban J connectivity index is 0.000000252. The van der Waals surface area contributed by atoms with Gasteiger partial charge in [-0.15, -0.1) is 9.24 Å². The lowest BCUT2D eigenvalue weighted by atomic mass is 10.2. The molecule has 0 aliphatic carbocycles. The number of fused-ring (bicyclic) bond motifs is 3. The van der Waals surface area contributed by atoms with Crippen molar-refractivity contribution in [3.05, 3.63) is 90.7 Å². The number of phosphoric ester groups is 3. The molecule has 0 saturated carbocycles. The van der Waals surface area contributed by atoms with Gasteiger partial charge >= 0.3 is 0 Å². The number of nitrogens with two attached hydrogens (primary N) is 6. The summed E-state index contributed by atoms with van der Waals surface area (Å²) in [7, 11) is -41.5. The highest BCUT2D eigenvalue weighted by molar-refractivity contribution is 8.77. The van der Waals surface area contributed by atoms with Crippen LogP contribution >= 0.6 is 157 Å². The number of thiol groups is 1. The molecule has 14 unspecified atom stereocenters. The summed E-state index contributed by atoms with van der Waals surface area (Å²) >= 11 is 3.96. The van der Waals surface area contributed by atoms with E-state index in [2.05, 4.69) is 132 Å². The normalized spacial score (nSPS) is 23.5. The molecule has 73 heteroatoms. The first-order valence-electron chi connectivity index (χ1n) is 37.2. The van der Waals surface area contributed by atoms with Crippen LogP contribution in [-0.4, -0.2) is 187 Å². The topological polar surface area (TPSA) is 891 Å². The summed E-state index contributed by atoms with van der Waals surface area (Å²) in [5.41, 5.74) is 32.8. The van der Waals surface area contributed by atoms with Crippen molar-refractivity contribution in [1.29, 1.82) is 0 Å². The van der Waals surface area contributed by atoms with E-state index in [4.69, 9.17) is 82.2 Å². The van der Waals surface area contributed by atoms with E-state index >= 15 is 0 Å². The molecule has 0 radical (unpaired) electrons. The number of anilines is 3. The van der Waals surface area contributed by atoms with Crippen LogP contribution in [-0.2, 0) is 114 Å². The minimum absolute atomic E-state index is 0.00745. The number of nitrogens with one attached hydrogen (secondary N) is 3. The van der Waals surface area contributed by atoms with Gasteiger partial charge in [0.25, 0.3) is 87.1 Å². The lowest BCUT2D eigenvalue weighted by Gasteiger charge is -2.33. The van der Waals surface area contributed by atoms with Crippen molar-refractivity contribution < 1.29 is 172 Å². The molecule has 750 valence electrons. The van der Waals surface area contributed by atoms with Crippen LogP contribution in [0.1, 0.15) is 94.7 Å². The predicted octanol–water partition coefficient (Wildman–Crippen LogP) is 0.0442. The number of aromatic nitrogens is 10. The summed E-state index contributed by atoms with van der Waals surface area (Å²) < 4.78 is 181. The van der Waals surface area contributed by atoms with E-state index in [0.29, 0.717) is 5.85 Å². The van der Waals surface area contributed by atoms with Crippen LogP contribution < -0.4 is 95.1 Å². The zero-order valence-electron chi connectivity index (χ0n) is 69.7. The maximum absolute atomic E-state index is 12.6. The fraction of sp³-hybridized carbons (Fsp3) is 0.525. The molecule has 7 aromatic heterocycles. The summed E-state index contributed by atoms with van der Waals surface area (Å²) in [6.45, 7) is 4.43. The molecule has 134 heavy (non-hydrogen) atoms. The monoisotopic (exact) mass is 2220 g/mol. The van der Waals surface area contributed by atoms with Crippen molar-refractivity contribution in [2.45, 2.75) is 130 Å². The van der Waals surface area contributed by atoms with Gasteiger partial charge in [0.15, 0.2) is 16.9 Å². The van der Waals surface area contributed by atoms with Crippen molar-refractivity contribution in [2.24, 2.45) is 17.2 Å². The number of phosphoric acid groups is 9. The standard InChI is InChI=1S/C19H30N5O13P3S2.C16H24N5O13P3S2.C15H22N5O13P3S.C6H7NS2.C5H11OP/c1-19(2,3)42-41-10-33-12-7-14(24-8-11(5-4-6-20)15-16(24)22-18(21)23-17(15)25)35-13(12)9-34-39(29,30)37-40(31,32)36-38(26,27)28;1-38-39-8-30-10-5-12(21-6-9(3-2-4-17)13-14(21)19-16(18)20-15(13)22)32-11(10)7-31-36(26,27)34-37(28,29)33-35(23,24)25;16-3-1-2-8-5-20(13-12(8)14(21)19-15(17)18-13)11-4-9(29-7-37)10(31-11)6-30-35(25,26)33-36(27,28)32-34(22,23)24;1-8-9-6-4-2-3-5-7-6;7-5-3-1-2-4-6-5/h8,12-14H,6-7,9-10,20H2,1-3H3,(H,29,30)(H,31,32)(H2,26,27,28)(H3,21,22,23,25);6,10-12H,4-5,7-8,17H2,1H3,(H,26,27)(H,28,29)(H2,23,24,25)(H3,18,19,20,22);5,9-11,37H,3-4,6-7,16H2,(H,25,26)(H,27,28)(H2,22,23,24)(H3,17,18,19,21);2-5H,1H3;5H,1-4,7H2/p-9/t12?,13-,14-;10?,11-,12-;9?,10-,11-;;/m111../s1. The number of hydrogen-bond acceptors (Lipinski definition) is 54. The van der Waals surface area contributed by atoms with Crippen LogP contribution in [0.5, 0.6) is 0 Å². The first-order chi connectivity index (χ1) is 62.4. The fourth-order valence-corrected chi connectivity index (χ4v) is 24.9. The third-order valence-electron chi connectivity index (χ3n) is 16.3. The molecule has 4 aliphatic rings. The molecule has 11 rings (SSSR count). The number of aromatic amines is 3. The number of rotatable bonds is 36. The summed E-state index contributed by atoms with van der Waals surface area (Å²) in [6, 6.07) is 5.91. The number of ether oxygens (including phenoxy) is 7. The van der Waals surface area contributed by atoms with Crippen LogP contribution in [0.2, 0.25) is 0 Å². The van der Waals surface area contributed by atoms with Crippen molar-refractivity contribution in [2.75, 3.05) is 93.6 Å². The van der Waals surface area contributed by atoms with E-state index in [0.717, 1.165) is 11.6 Å². The molecule has 18 N–H and O–H groups in total. The van der Waals surface area contributed by atoms with Crippen LogP contribution in [0.4, 0.5) is 17.8 Å². The molecule has 20 atom stereocenters. The third kappa shape index (κ3) is 39.5. The minimum Gasteiger partial charge on any atom is -0.756 e. The average Bonchev–Trinajstić information content (AvgIpc) is 1.62. The summed E-state index contributed by atoms with van der Waals surface area (Å²) in [5, 5.41) is 1.37. The SMILES string of the molecule is CC(C)(C)SSCOC1C[C@H](n2cc(C#CCN)c3c(=O)[nH]c(N)nc32)O[C@@H]1COP(=O)([O-])OP(=O)([O-])OP(=O)([O-])O.CSSCOC1C[C@H](n2cc(C#CCN)c3c(=O)[nH]c(N)nc32)O[C@@H]1COP(=O)([O-])OP(=O)([O-])OP(=O)([O-])O.CSSc1ccccn1.NCC#Cc1cn([C@H]2CC(OCS)[C@@H](COP(=O)([O-])OP(=O)([O-])OP(=O)([O-])O)O2)c2nc(N)[nH]c(=O)c12.PC1CCCCO1. The Morgan fingerprint density at radius 3 is 1.16 bits per heavy atom. The molecular weight excluding hydrogens is 2130 g/mol. The molecule has 0 spiro atoms. The second kappa shape index (κ2) is 52.5. The van der Waals surface area contributed by atoms with Gasteiger partial charge in [0.2, 0.25) is 17.8 Å². The van der Waals surface area contributed by atoms with E-state index in [1.807, 2.05) is 45.2 Å². The van der Waals surface area contributed by atoms with Gasteiger partial charge < -0.3 is 154 Å². The fourth-order valence-electron chi connectivity index (χ4n) is 11.7. The van der Waals surface area contributed by atoms with E-state index < -0.39 is 162 Å². The van der Waals surface area contributed by atoms with E-state index in [-0.39, 0.29) is 129 Å². The molecule has 4 fully saturated rings. The highest BCUT2D eigenvalue weighted by Gasteiger charge is 2.44. The summed E-state index contributed by atoms with van der Waals surface area (Å²) in [6.07, 6.45) is 5.32. The second-order valence-electron chi connectivity index (χ2n) is 27.3. The van der Waals surface area contributed by atoms with E-state index in [9.17, 15) is 99.5 Å². The number of hydrogen-bond donors (Lipinski definition) is 13. The van der Waals surface area contributed by atoms with E-state index in [1.54, 1.807) is 34.0 Å². The predicted molar refractivity (Wildman–Crippen MR) is 478 cm³/mol. The third-order valence-corrected chi connectivity index (χ3v) is 34.1. The Morgan fingerprint density at radius 2 is 0.881 bits per heavy atom. The largest absolute Gasteiger partial charge is 0.756 e. The zero-order chi connectivity index (χ0) is 99.8. The van der Waals surface area contributed by atoms with Gasteiger partial charge in [-0.1, -0.05) is 116 Å². The lowest BCUT2D eigenvalue weighted by Crippen LogP contribution is -2.30. The minimum atomic E-state index is -6.09. The van der Waals surface area contributed by atoms with Crippen molar-refractivity contribution >= 4 is 208 Å². The smallest absolute Gasteiger partial charge is 0.280 e. The van der Waals surface area contributed by atoms with Gasteiger partial charge in [0.1, 0.15) is 53.9 Å². The molecule has 0 aromatic carbocycles. The van der Waals surface area contributed by atoms with Crippen LogP contribution in [0.25, 0.3) is 33.1 Å². The molecule has 4 saturated heterocycles. The second-order valence-corrected chi connectivity index (χ2v) is 49.2. The lowest BCUT2D eigenvalue weighted by molar-refractivity contribution is -0.254. The maximum Gasteiger partial charge on any atom is 0.280 e. The number of nitrogen functional groups attached to an aromatic ring is 3. The van der Waals surface area contributed by atoms with E-state index in [1.165, 1.54) is 94.7 Å². The highest BCUT2D eigenvalue weighted by atomic mass is 33.1. The molecule has 11 heterocycles. The van der Waals surface area contributed by atoms with Crippen LogP contribution in [0.3, 0.4) is 0 Å². The van der Waals surface area contributed by atoms with Gasteiger partial charge in [-0.25, -0.2) is 30.8 Å². The van der Waals surface area contributed by atoms with Gasteiger partial charge in [-0.2, -0.15) is 27.6 Å². The number of H-pyrrole nitrogens is 3. The number of nitrogens with zero attached hydrogens (tertiary/aromatic N) is 7. The zero-order valence-corrected chi connectivity index (χ0v) is 84.7. The van der Waals surface area contributed by atoms with Gasteiger partial charge in [-0.3, -0.25) is 70.4 Å². The summed E-state index contributed by atoms with van der Waals surface area (Å²) in [4.78, 5) is 189. The Morgan fingerprint density at radius 1 is 0.530 bits per heavy atom. The van der Waals surface area contributed by atoms with Crippen LogP contribution in [0.15, 0.2) is 62.4 Å². The van der Waals surface area contributed by atoms with Crippen molar-refractivity contribution in [3.8, 4) is 35.5 Å². The van der Waals surface area contributed by atoms with Gasteiger partial charge in [0.05, 0.1) is 102 Å². The Bertz CT molecular complexity index is 6010. The Hall–Kier alpha value is -3.80. The number of pyridine rings is 1. The van der Waals surface area contributed by atoms with Crippen molar-refractivity contribution in [1.82, 2.24) is 48.6 Å². The molecule has 56 nitrogen and oxygen atoms in total. The molecule has 0 bridgehead atoms. The van der Waals surface area contributed by atoms with Crippen molar-refractivity contribution in [3.63, 3.8) is 0 Å². The first kappa shape index (κ1) is 117. The first-order valence-corrected chi connectivity index (χ1v) is 59.4.